The summed E-state index contributed by atoms with van der Waals surface area (Å²) < 4.78 is 7.60. The van der Waals surface area contributed by atoms with Gasteiger partial charge >= 0.3 is 0 Å². The van der Waals surface area contributed by atoms with Gasteiger partial charge in [-0.05, 0) is 38.1 Å². The van der Waals surface area contributed by atoms with Gasteiger partial charge in [0.15, 0.2) is 0 Å². The topological polar surface area (TPSA) is 43.0 Å². The molecule has 0 bridgehead atoms. The summed E-state index contributed by atoms with van der Waals surface area (Å²) >= 11 is 0. The zero-order valence-electron chi connectivity index (χ0n) is 10.6. The van der Waals surface area contributed by atoms with Crippen LogP contribution in [0.5, 0.6) is 0 Å². The molecule has 92 valence electrons. The van der Waals surface area contributed by atoms with Crippen molar-refractivity contribution in [3.05, 3.63) is 41.6 Å². The van der Waals surface area contributed by atoms with Gasteiger partial charge in [0.1, 0.15) is 11.8 Å². The normalized spacial score (nSPS) is 12.9. The van der Waals surface area contributed by atoms with Crippen molar-refractivity contribution in [2.75, 3.05) is 7.05 Å². The van der Waals surface area contributed by atoms with Crippen LogP contribution < -0.4 is 5.32 Å². The Morgan fingerprint density at radius 3 is 2.88 bits per heavy atom. The van der Waals surface area contributed by atoms with Crippen LogP contribution in [0.15, 0.2) is 29.0 Å². The van der Waals surface area contributed by atoms with E-state index in [9.17, 15) is 0 Å². The van der Waals surface area contributed by atoms with Crippen LogP contribution in [-0.2, 0) is 6.54 Å². The first-order chi connectivity index (χ1) is 8.27. The smallest absolute Gasteiger partial charge is 0.129 e. The van der Waals surface area contributed by atoms with E-state index in [0.717, 1.165) is 30.0 Å². The summed E-state index contributed by atoms with van der Waals surface area (Å²) in [6.45, 7) is 5.14. The maximum Gasteiger partial charge on any atom is 0.129 e. The average molecular weight is 233 g/mol. The fourth-order valence-electron chi connectivity index (χ4n) is 2.08. The average Bonchev–Trinajstić information content (AvgIpc) is 2.92. The van der Waals surface area contributed by atoms with Crippen molar-refractivity contribution < 1.29 is 4.42 Å². The van der Waals surface area contributed by atoms with Crippen LogP contribution in [0.4, 0.5) is 0 Å². The van der Waals surface area contributed by atoms with E-state index < -0.39 is 0 Å². The van der Waals surface area contributed by atoms with E-state index in [0.29, 0.717) is 0 Å². The zero-order chi connectivity index (χ0) is 12.3. The van der Waals surface area contributed by atoms with Crippen LogP contribution in [0.25, 0.3) is 0 Å². The fraction of sp³-hybridized carbons (Fsp3) is 0.462. The molecule has 0 radical (unpaired) electrons. The molecule has 2 aromatic rings. The molecule has 0 amide bonds. The summed E-state index contributed by atoms with van der Waals surface area (Å²) in [6, 6.07) is 4.10. The molecule has 1 N–H and O–H groups in total. The van der Waals surface area contributed by atoms with Gasteiger partial charge in [-0.15, -0.1) is 0 Å². The molecule has 17 heavy (non-hydrogen) atoms. The Hall–Kier alpha value is -1.55. The molecular formula is C13H19N3O. The molecule has 0 saturated carbocycles. The number of furan rings is 1. The second-order valence-corrected chi connectivity index (χ2v) is 4.17. The van der Waals surface area contributed by atoms with Crippen LogP contribution in [0.3, 0.4) is 0 Å². The molecule has 1 unspecified atom stereocenters. The molecule has 2 aromatic heterocycles. The van der Waals surface area contributed by atoms with Crippen LogP contribution in [0.1, 0.15) is 36.4 Å². The molecule has 4 nitrogen and oxygen atoms in total. The van der Waals surface area contributed by atoms with Gasteiger partial charge in [-0.25, -0.2) is 0 Å². The van der Waals surface area contributed by atoms with Crippen molar-refractivity contribution in [3.8, 4) is 0 Å². The monoisotopic (exact) mass is 233 g/mol. The van der Waals surface area contributed by atoms with E-state index in [2.05, 4.69) is 24.3 Å². The van der Waals surface area contributed by atoms with Crippen molar-refractivity contribution in [2.45, 2.75) is 32.9 Å². The maximum absolute atomic E-state index is 5.57. The van der Waals surface area contributed by atoms with Gasteiger partial charge in [-0.2, -0.15) is 5.10 Å². The number of aromatic nitrogens is 2. The van der Waals surface area contributed by atoms with Crippen molar-refractivity contribution in [3.63, 3.8) is 0 Å². The minimum atomic E-state index is 0.0686. The third-order valence-corrected chi connectivity index (χ3v) is 2.93. The van der Waals surface area contributed by atoms with Crippen LogP contribution >= 0.6 is 0 Å². The lowest BCUT2D eigenvalue weighted by atomic mass is 10.1. The van der Waals surface area contributed by atoms with Gasteiger partial charge in [0.25, 0.3) is 0 Å². The summed E-state index contributed by atoms with van der Waals surface area (Å²) in [5, 5.41) is 7.64. The minimum absolute atomic E-state index is 0.0686. The largest absolute Gasteiger partial charge is 0.467 e. The van der Waals surface area contributed by atoms with E-state index >= 15 is 0 Å². The molecule has 1 atom stereocenters. The highest BCUT2D eigenvalue weighted by atomic mass is 16.3. The van der Waals surface area contributed by atoms with Crippen LogP contribution in [0, 0.1) is 6.92 Å². The number of nitrogens with zero attached hydrogens (tertiary/aromatic N) is 2. The van der Waals surface area contributed by atoms with E-state index in [4.69, 9.17) is 4.42 Å². The summed E-state index contributed by atoms with van der Waals surface area (Å²) in [4.78, 5) is 0. The second-order valence-electron chi connectivity index (χ2n) is 4.17. The zero-order valence-corrected chi connectivity index (χ0v) is 10.6. The van der Waals surface area contributed by atoms with Crippen LogP contribution in [-0.4, -0.2) is 16.8 Å². The Morgan fingerprint density at radius 2 is 2.29 bits per heavy atom. The molecule has 0 saturated heterocycles. The predicted molar refractivity (Wildman–Crippen MR) is 66.9 cm³/mol. The van der Waals surface area contributed by atoms with Gasteiger partial charge in [0.05, 0.1) is 12.0 Å². The standard InChI is InChI=1S/C13H19N3O/c1-4-8-16-11(5-7-15-16)12(14-3)13-10(2)6-9-17-13/h5-7,9,12,14H,4,8H2,1-3H3. The molecule has 2 rings (SSSR count). The molecule has 2 heterocycles. The molecule has 0 aliphatic rings. The molecular weight excluding hydrogens is 214 g/mol. The van der Waals surface area contributed by atoms with Gasteiger partial charge in [0.2, 0.25) is 0 Å². The molecule has 0 aromatic carbocycles. The number of hydrogen-bond donors (Lipinski definition) is 1. The Labute approximate surface area is 102 Å². The highest BCUT2D eigenvalue weighted by Gasteiger charge is 2.20. The summed E-state index contributed by atoms with van der Waals surface area (Å²) in [5.74, 6) is 0.963. The van der Waals surface area contributed by atoms with Crippen LogP contribution in [0.2, 0.25) is 0 Å². The lowest BCUT2D eigenvalue weighted by molar-refractivity contribution is 0.437. The summed E-state index contributed by atoms with van der Waals surface area (Å²) in [7, 11) is 1.94. The van der Waals surface area contributed by atoms with E-state index in [-0.39, 0.29) is 6.04 Å². The predicted octanol–water partition coefficient (Wildman–Crippen LogP) is 2.50. The molecule has 0 aliphatic heterocycles. The van der Waals surface area contributed by atoms with Gasteiger partial charge in [-0.3, -0.25) is 4.68 Å². The third kappa shape index (κ3) is 2.26. The van der Waals surface area contributed by atoms with Gasteiger partial charge < -0.3 is 9.73 Å². The first-order valence-corrected chi connectivity index (χ1v) is 6.01. The van der Waals surface area contributed by atoms with Gasteiger partial charge in [-0.1, -0.05) is 6.92 Å². The second kappa shape index (κ2) is 5.19. The quantitative estimate of drug-likeness (QED) is 0.862. The lowest BCUT2D eigenvalue weighted by Crippen LogP contribution is -2.21. The van der Waals surface area contributed by atoms with Crippen molar-refractivity contribution in [1.82, 2.24) is 15.1 Å². The third-order valence-electron chi connectivity index (χ3n) is 2.93. The minimum Gasteiger partial charge on any atom is -0.467 e. The summed E-state index contributed by atoms with van der Waals surface area (Å²) in [6.07, 6.45) is 4.64. The Morgan fingerprint density at radius 1 is 1.47 bits per heavy atom. The lowest BCUT2D eigenvalue weighted by Gasteiger charge is -2.16. The van der Waals surface area contributed by atoms with E-state index in [1.54, 1.807) is 6.26 Å². The first kappa shape index (κ1) is 11.9. The first-order valence-electron chi connectivity index (χ1n) is 6.01. The van der Waals surface area contributed by atoms with Gasteiger partial charge in [0, 0.05) is 12.7 Å². The molecule has 0 spiro atoms. The highest BCUT2D eigenvalue weighted by Crippen LogP contribution is 2.25. The Balaban J connectivity index is 2.35. The van der Waals surface area contributed by atoms with E-state index in [1.807, 2.05) is 30.1 Å². The van der Waals surface area contributed by atoms with Crippen molar-refractivity contribution >= 4 is 0 Å². The van der Waals surface area contributed by atoms with E-state index in [1.165, 1.54) is 0 Å². The molecule has 4 heteroatoms. The maximum atomic E-state index is 5.57. The highest BCUT2D eigenvalue weighted by molar-refractivity contribution is 5.26. The Bertz CT molecular complexity index is 472. The van der Waals surface area contributed by atoms with Crippen molar-refractivity contribution in [1.29, 1.82) is 0 Å². The number of rotatable bonds is 5. The Kier molecular flexibility index (Phi) is 3.64. The fourth-order valence-corrected chi connectivity index (χ4v) is 2.08. The summed E-state index contributed by atoms with van der Waals surface area (Å²) in [5.41, 5.74) is 2.31. The SMILES string of the molecule is CCCn1nccc1C(NC)c1occc1C. The number of aryl methyl sites for hydroxylation is 2. The number of nitrogens with one attached hydrogen (secondary N) is 1. The van der Waals surface area contributed by atoms with Crippen molar-refractivity contribution in [2.24, 2.45) is 0 Å². The number of hydrogen-bond acceptors (Lipinski definition) is 3. The molecule has 0 aliphatic carbocycles. The molecule has 0 fully saturated rings.